The molecule has 1 aromatic carbocycles. The number of thiophene rings is 1. The van der Waals surface area contributed by atoms with Crippen molar-refractivity contribution in [3.05, 3.63) is 51.6 Å². The van der Waals surface area contributed by atoms with Gasteiger partial charge in [-0.15, -0.1) is 11.3 Å². The van der Waals surface area contributed by atoms with Crippen LogP contribution in [0.4, 0.5) is 8.78 Å². The lowest BCUT2D eigenvalue weighted by Gasteiger charge is -2.16. The molecule has 0 atom stereocenters. The van der Waals surface area contributed by atoms with Crippen molar-refractivity contribution >= 4 is 50.9 Å². The number of rotatable bonds is 6. The molecule has 2 aromatic heterocycles. The molecular formula is C15H13BrF2N3O4PS. The predicted octanol–water partition coefficient (Wildman–Crippen LogP) is 3.52. The number of fused-ring (bicyclic) bond motifs is 1. The van der Waals surface area contributed by atoms with Crippen LogP contribution in [0.15, 0.2) is 41.1 Å². The van der Waals surface area contributed by atoms with Crippen molar-refractivity contribution in [2.24, 2.45) is 0 Å². The Kier molecular flexibility index (Phi) is 5.51. The molecule has 0 unspecified atom stereocenters. The van der Waals surface area contributed by atoms with Gasteiger partial charge in [0.15, 0.2) is 0 Å². The first-order valence-electron chi connectivity index (χ1n) is 7.53. The van der Waals surface area contributed by atoms with Gasteiger partial charge >= 0.3 is 13.3 Å². The number of nitrogens with one attached hydrogen (secondary N) is 1. The van der Waals surface area contributed by atoms with E-state index >= 15 is 0 Å². The number of alkyl halides is 2. The lowest BCUT2D eigenvalue weighted by Crippen LogP contribution is -2.27. The molecule has 144 valence electrons. The van der Waals surface area contributed by atoms with Crippen molar-refractivity contribution in [2.45, 2.75) is 12.2 Å². The minimum Gasteiger partial charge on any atom is -0.350 e. The Hall–Kier alpha value is -1.65. The number of benzene rings is 1. The smallest absolute Gasteiger partial charge is 0.350 e. The number of hydrogen-bond acceptors (Lipinski definition) is 4. The Morgan fingerprint density at radius 3 is 2.78 bits per heavy atom. The van der Waals surface area contributed by atoms with Crippen molar-refractivity contribution in [1.82, 2.24) is 15.1 Å². The number of aromatic nitrogens is 2. The summed E-state index contributed by atoms with van der Waals surface area (Å²) < 4.78 is 41.1. The quantitative estimate of drug-likeness (QED) is 0.469. The SMILES string of the molecule is O=C(NCCn1cccn1)c1ccc2sc(C(F)(F)P(=O)(O)O)c(Br)c2c1. The molecule has 3 aromatic rings. The third kappa shape index (κ3) is 3.97. The molecule has 12 heteroatoms. The van der Waals surface area contributed by atoms with Gasteiger partial charge in [0.25, 0.3) is 5.91 Å². The topological polar surface area (TPSA) is 104 Å². The van der Waals surface area contributed by atoms with Gasteiger partial charge in [-0.1, -0.05) is 0 Å². The van der Waals surface area contributed by atoms with E-state index < -0.39 is 24.0 Å². The second-order valence-electron chi connectivity index (χ2n) is 5.57. The van der Waals surface area contributed by atoms with Crippen LogP contribution in [0.25, 0.3) is 10.1 Å². The number of carbonyl (C=O) groups is 1. The fraction of sp³-hybridized carbons (Fsp3) is 0.200. The summed E-state index contributed by atoms with van der Waals surface area (Å²) in [6.07, 6.45) is 3.37. The van der Waals surface area contributed by atoms with Crippen LogP contribution in [-0.4, -0.2) is 32.0 Å². The van der Waals surface area contributed by atoms with E-state index in [1.807, 2.05) is 0 Å². The number of halogens is 3. The maximum atomic E-state index is 14.1. The Labute approximate surface area is 164 Å². The van der Waals surface area contributed by atoms with E-state index in [-0.39, 0.29) is 15.4 Å². The van der Waals surface area contributed by atoms with Gasteiger partial charge in [0.1, 0.15) is 4.88 Å². The highest BCUT2D eigenvalue weighted by Gasteiger charge is 2.53. The molecule has 0 spiro atoms. The van der Waals surface area contributed by atoms with Gasteiger partial charge in [0, 0.05) is 39.1 Å². The first-order valence-corrected chi connectivity index (χ1v) is 10.7. The third-order valence-corrected chi connectivity index (χ3v) is 7.15. The van der Waals surface area contributed by atoms with Gasteiger partial charge in [-0.2, -0.15) is 13.9 Å². The lowest BCUT2D eigenvalue weighted by molar-refractivity contribution is 0.0595. The van der Waals surface area contributed by atoms with Crippen LogP contribution >= 0.6 is 34.9 Å². The lowest BCUT2D eigenvalue weighted by atomic mass is 10.1. The Morgan fingerprint density at radius 2 is 2.15 bits per heavy atom. The van der Waals surface area contributed by atoms with E-state index in [0.29, 0.717) is 29.1 Å². The summed E-state index contributed by atoms with van der Waals surface area (Å²) in [5.74, 6) is -0.398. The summed E-state index contributed by atoms with van der Waals surface area (Å²) in [6.45, 7) is 0.798. The number of amides is 1. The van der Waals surface area contributed by atoms with Gasteiger partial charge in [0.2, 0.25) is 0 Å². The maximum Gasteiger partial charge on any atom is 0.400 e. The highest BCUT2D eigenvalue weighted by Crippen LogP contribution is 2.62. The largest absolute Gasteiger partial charge is 0.400 e. The van der Waals surface area contributed by atoms with Crippen molar-refractivity contribution in [1.29, 1.82) is 0 Å². The fourth-order valence-electron chi connectivity index (χ4n) is 2.35. The van der Waals surface area contributed by atoms with Crippen LogP contribution in [-0.2, 0) is 16.8 Å². The van der Waals surface area contributed by atoms with Gasteiger partial charge in [-0.05, 0) is 40.2 Å². The zero-order valence-corrected chi connectivity index (χ0v) is 16.8. The standard InChI is InChI=1S/C15H13BrF2N3O4PS/c16-12-10-8-9(14(22)19-5-7-21-6-1-4-20-21)2-3-11(10)27-13(12)15(17,18)26(23,24)25/h1-4,6,8H,5,7H2,(H,19,22)(H2,23,24,25). The van der Waals surface area contributed by atoms with Crippen LogP contribution in [0.5, 0.6) is 0 Å². The van der Waals surface area contributed by atoms with E-state index in [2.05, 4.69) is 26.3 Å². The van der Waals surface area contributed by atoms with Gasteiger partial charge in [-0.25, -0.2) is 0 Å². The van der Waals surface area contributed by atoms with Crippen LogP contribution in [0, 0.1) is 0 Å². The number of carbonyl (C=O) groups excluding carboxylic acids is 1. The molecule has 1 amide bonds. The average Bonchev–Trinajstić information content (AvgIpc) is 3.22. The second kappa shape index (κ2) is 7.40. The molecule has 0 aliphatic heterocycles. The van der Waals surface area contributed by atoms with Crippen molar-refractivity contribution < 1.29 is 27.9 Å². The van der Waals surface area contributed by atoms with E-state index in [0.717, 1.165) is 0 Å². The van der Waals surface area contributed by atoms with Gasteiger partial charge in [0.05, 0.1) is 6.54 Å². The minimum absolute atomic E-state index is 0.137. The summed E-state index contributed by atoms with van der Waals surface area (Å²) in [4.78, 5) is 29.4. The second-order valence-corrected chi connectivity index (χ2v) is 9.06. The Balaban J connectivity index is 1.83. The van der Waals surface area contributed by atoms with E-state index in [1.165, 1.54) is 18.2 Å². The number of nitrogens with zero attached hydrogens (tertiary/aromatic N) is 2. The molecule has 0 saturated heterocycles. The van der Waals surface area contributed by atoms with Crippen LogP contribution in [0.3, 0.4) is 0 Å². The summed E-state index contributed by atoms with van der Waals surface area (Å²) in [6, 6.07) is 6.09. The van der Waals surface area contributed by atoms with E-state index in [1.54, 1.807) is 23.1 Å². The molecule has 0 aliphatic rings. The molecule has 0 aliphatic carbocycles. The molecule has 0 bridgehead atoms. The van der Waals surface area contributed by atoms with Crippen LogP contribution in [0.2, 0.25) is 0 Å². The molecule has 3 N–H and O–H groups in total. The number of hydrogen-bond donors (Lipinski definition) is 3. The Bertz CT molecular complexity index is 1040. The van der Waals surface area contributed by atoms with E-state index in [4.69, 9.17) is 9.79 Å². The third-order valence-electron chi connectivity index (χ3n) is 3.71. The highest BCUT2D eigenvalue weighted by molar-refractivity contribution is 9.10. The minimum atomic E-state index is -5.68. The zero-order valence-electron chi connectivity index (χ0n) is 13.5. The maximum absolute atomic E-state index is 14.1. The highest BCUT2D eigenvalue weighted by atomic mass is 79.9. The summed E-state index contributed by atoms with van der Waals surface area (Å²) in [5, 5.41) is 6.99. The van der Waals surface area contributed by atoms with Crippen LogP contribution in [0.1, 0.15) is 15.2 Å². The molecule has 0 radical (unpaired) electrons. The molecule has 27 heavy (non-hydrogen) atoms. The first-order chi connectivity index (χ1) is 12.6. The van der Waals surface area contributed by atoms with E-state index in [9.17, 15) is 18.1 Å². The fourth-order valence-corrected chi connectivity index (χ4v) is 5.28. The van der Waals surface area contributed by atoms with Crippen molar-refractivity contribution in [3.8, 4) is 0 Å². The molecular weight excluding hydrogens is 467 g/mol. The van der Waals surface area contributed by atoms with Crippen molar-refractivity contribution in [2.75, 3.05) is 6.54 Å². The molecule has 3 rings (SSSR count). The summed E-state index contributed by atoms with van der Waals surface area (Å²) >= 11 is 3.55. The van der Waals surface area contributed by atoms with Gasteiger partial charge in [-0.3, -0.25) is 14.0 Å². The normalized spacial score (nSPS) is 12.5. The average molecular weight is 480 g/mol. The molecule has 0 saturated carbocycles. The monoisotopic (exact) mass is 479 g/mol. The summed E-state index contributed by atoms with van der Waals surface area (Å²) in [5.41, 5.74) is -4.07. The predicted molar refractivity (Wildman–Crippen MR) is 100 cm³/mol. The zero-order chi connectivity index (χ0) is 19.8. The molecule has 0 fully saturated rings. The van der Waals surface area contributed by atoms with Crippen LogP contribution < -0.4 is 5.32 Å². The molecule has 2 heterocycles. The summed E-state index contributed by atoms with van der Waals surface area (Å²) in [7, 11) is -5.68. The van der Waals surface area contributed by atoms with Crippen molar-refractivity contribution in [3.63, 3.8) is 0 Å². The first kappa shape index (κ1) is 20.1. The molecule has 7 nitrogen and oxygen atoms in total. The van der Waals surface area contributed by atoms with Gasteiger partial charge < -0.3 is 15.1 Å². The Morgan fingerprint density at radius 1 is 1.41 bits per heavy atom.